The highest BCUT2D eigenvalue weighted by atomic mass is 32.1. The van der Waals surface area contributed by atoms with Crippen LogP contribution in [-0.4, -0.2) is 22.1 Å². The van der Waals surface area contributed by atoms with Gasteiger partial charge in [0, 0.05) is 29.3 Å². The van der Waals surface area contributed by atoms with E-state index in [0.717, 1.165) is 0 Å². The largest absolute Gasteiger partial charge is 0.398 e. The molecule has 0 aliphatic rings. The van der Waals surface area contributed by atoms with Crippen molar-refractivity contribution in [1.82, 2.24) is 4.98 Å². The number of nitrogens with two attached hydrogens (primary N) is 2. The van der Waals surface area contributed by atoms with E-state index in [9.17, 15) is 0 Å². The van der Waals surface area contributed by atoms with Gasteiger partial charge in [0.25, 0.3) is 0 Å². The van der Waals surface area contributed by atoms with Gasteiger partial charge in [0.1, 0.15) is 0 Å². The van der Waals surface area contributed by atoms with Crippen molar-refractivity contribution in [2.45, 2.75) is 0 Å². The van der Waals surface area contributed by atoms with Crippen LogP contribution in [-0.2, 0) is 0 Å². The molecule has 0 bridgehead atoms. The summed E-state index contributed by atoms with van der Waals surface area (Å²) in [5.74, 6) is 0.145. The average molecular weight is 298 g/mol. The van der Waals surface area contributed by atoms with Crippen LogP contribution in [0.1, 0.15) is 11.3 Å². The number of nitrogens with zero attached hydrogens (tertiary/aromatic N) is 2. The van der Waals surface area contributed by atoms with Gasteiger partial charge in [-0.2, -0.15) is 0 Å². The lowest BCUT2D eigenvalue weighted by Gasteiger charge is -2.08. The molecule has 21 heavy (non-hydrogen) atoms. The first-order valence-corrected chi connectivity index (χ1v) is 6.47. The van der Waals surface area contributed by atoms with Crippen molar-refractivity contribution in [2.75, 3.05) is 11.1 Å². The van der Waals surface area contributed by atoms with Crippen LogP contribution >= 0.6 is 12.2 Å². The third-order valence-corrected chi connectivity index (χ3v) is 2.92. The third kappa shape index (κ3) is 3.83. The SMILES string of the molecule is N=Cc1cc(NC(N)=NC(=S)c2ccccn2)ccc1N. The Labute approximate surface area is 127 Å². The van der Waals surface area contributed by atoms with E-state index in [4.69, 9.17) is 29.1 Å². The van der Waals surface area contributed by atoms with Gasteiger partial charge in [0.2, 0.25) is 0 Å². The minimum absolute atomic E-state index is 0.145. The van der Waals surface area contributed by atoms with Gasteiger partial charge < -0.3 is 22.2 Å². The Morgan fingerprint density at radius 3 is 2.81 bits per heavy atom. The molecule has 0 aliphatic heterocycles. The number of hydrogen-bond donors (Lipinski definition) is 4. The van der Waals surface area contributed by atoms with Gasteiger partial charge in [0.05, 0.1) is 5.69 Å². The molecule has 0 spiro atoms. The lowest BCUT2D eigenvalue weighted by Crippen LogP contribution is -2.24. The highest BCUT2D eigenvalue weighted by Crippen LogP contribution is 2.15. The number of aliphatic imine (C=N–C) groups is 1. The van der Waals surface area contributed by atoms with Crippen LogP contribution in [0, 0.1) is 5.41 Å². The van der Waals surface area contributed by atoms with E-state index in [1.165, 1.54) is 6.21 Å². The summed E-state index contributed by atoms with van der Waals surface area (Å²) in [4.78, 5) is 8.48. The summed E-state index contributed by atoms with van der Waals surface area (Å²) in [6.07, 6.45) is 2.81. The predicted molar refractivity (Wildman–Crippen MR) is 89.9 cm³/mol. The van der Waals surface area contributed by atoms with Crippen molar-refractivity contribution in [3.63, 3.8) is 0 Å². The van der Waals surface area contributed by atoms with Crippen molar-refractivity contribution in [1.29, 1.82) is 5.41 Å². The van der Waals surface area contributed by atoms with E-state index in [-0.39, 0.29) is 5.96 Å². The number of anilines is 2. The van der Waals surface area contributed by atoms with Crippen molar-refractivity contribution in [3.8, 4) is 0 Å². The first-order valence-electron chi connectivity index (χ1n) is 6.06. The van der Waals surface area contributed by atoms with Gasteiger partial charge in [-0.25, -0.2) is 4.99 Å². The Morgan fingerprint density at radius 1 is 1.33 bits per heavy atom. The molecule has 1 aromatic carbocycles. The maximum absolute atomic E-state index is 7.27. The molecule has 106 valence electrons. The van der Waals surface area contributed by atoms with Crippen LogP contribution in [0.3, 0.4) is 0 Å². The van der Waals surface area contributed by atoms with Crippen LogP contribution in [0.2, 0.25) is 0 Å². The monoisotopic (exact) mass is 298 g/mol. The first-order chi connectivity index (χ1) is 10.1. The second-order valence-corrected chi connectivity index (χ2v) is 4.52. The number of nitrogen functional groups attached to an aromatic ring is 1. The minimum Gasteiger partial charge on any atom is -0.398 e. The Bertz CT molecular complexity index is 696. The Kier molecular flexibility index (Phi) is 4.57. The maximum atomic E-state index is 7.27. The molecule has 7 heteroatoms. The molecule has 0 aliphatic carbocycles. The topological polar surface area (TPSA) is 113 Å². The maximum Gasteiger partial charge on any atom is 0.199 e. The lowest BCUT2D eigenvalue weighted by atomic mass is 10.2. The molecule has 0 unspecified atom stereocenters. The quantitative estimate of drug-likeness (QED) is 0.298. The lowest BCUT2D eigenvalue weighted by molar-refractivity contribution is 1.29. The molecule has 0 amide bonds. The summed E-state index contributed by atoms with van der Waals surface area (Å²) in [6, 6.07) is 10.5. The second-order valence-electron chi connectivity index (χ2n) is 4.13. The van der Waals surface area contributed by atoms with Gasteiger partial charge >= 0.3 is 0 Å². The third-order valence-electron chi connectivity index (χ3n) is 2.62. The van der Waals surface area contributed by atoms with Crippen LogP contribution in [0.4, 0.5) is 11.4 Å². The van der Waals surface area contributed by atoms with Crippen molar-refractivity contribution < 1.29 is 0 Å². The fourth-order valence-corrected chi connectivity index (χ4v) is 1.83. The van der Waals surface area contributed by atoms with Gasteiger partial charge in [0.15, 0.2) is 10.9 Å². The van der Waals surface area contributed by atoms with Gasteiger partial charge in [-0.1, -0.05) is 18.3 Å². The molecular weight excluding hydrogens is 284 g/mol. The molecule has 0 saturated carbocycles. The fourth-order valence-electron chi connectivity index (χ4n) is 1.61. The van der Waals surface area contributed by atoms with E-state index in [1.807, 2.05) is 6.07 Å². The Morgan fingerprint density at radius 2 is 2.14 bits per heavy atom. The molecule has 6 N–H and O–H groups in total. The number of guanidine groups is 1. The van der Waals surface area contributed by atoms with Crippen LogP contribution in [0.5, 0.6) is 0 Å². The van der Waals surface area contributed by atoms with Crippen molar-refractivity contribution in [2.24, 2.45) is 10.7 Å². The molecule has 1 aromatic heterocycles. The predicted octanol–water partition coefficient (Wildman–Crippen LogP) is 1.76. The number of pyridine rings is 1. The molecule has 2 rings (SSSR count). The van der Waals surface area contributed by atoms with Crippen molar-refractivity contribution >= 4 is 40.8 Å². The number of thiocarbonyl (C=S) groups is 1. The number of aromatic nitrogens is 1. The van der Waals surface area contributed by atoms with E-state index in [2.05, 4.69) is 15.3 Å². The minimum atomic E-state index is 0.145. The molecule has 2 aromatic rings. The van der Waals surface area contributed by atoms with Crippen LogP contribution in [0.25, 0.3) is 0 Å². The summed E-state index contributed by atoms with van der Waals surface area (Å²) in [7, 11) is 0. The zero-order chi connectivity index (χ0) is 15.2. The summed E-state index contributed by atoms with van der Waals surface area (Å²) in [5.41, 5.74) is 13.9. The zero-order valence-electron chi connectivity index (χ0n) is 11.1. The van der Waals surface area contributed by atoms with Crippen molar-refractivity contribution in [3.05, 3.63) is 53.9 Å². The number of benzene rings is 1. The molecule has 0 radical (unpaired) electrons. The molecule has 0 atom stereocenters. The Hall–Kier alpha value is -2.80. The normalized spacial score (nSPS) is 11.0. The molecule has 0 fully saturated rings. The molecule has 0 saturated heterocycles. The molecule has 6 nitrogen and oxygen atoms in total. The molecule has 1 heterocycles. The van der Waals surface area contributed by atoms with Crippen LogP contribution in [0.15, 0.2) is 47.6 Å². The summed E-state index contributed by atoms with van der Waals surface area (Å²) in [6.45, 7) is 0. The summed E-state index contributed by atoms with van der Waals surface area (Å²) >= 11 is 5.16. The van der Waals surface area contributed by atoms with Gasteiger partial charge in [-0.3, -0.25) is 4.98 Å². The highest BCUT2D eigenvalue weighted by Gasteiger charge is 2.03. The van der Waals surface area contributed by atoms with E-state index in [1.54, 1.807) is 36.5 Å². The summed E-state index contributed by atoms with van der Waals surface area (Å²) < 4.78 is 0. The van der Waals surface area contributed by atoms with Crippen LogP contribution < -0.4 is 16.8 Å². The van der Waals surface area contributed by atoms with Gasteiger partial charge in [-0.05, 0) is 30.3 Å². The number of nitrogens with one attached hydrogen (secondary N) is 2. The number of hydrogen-bond acceptors (Lipinski definition) is 4. The second kappa shape index (κ2) is 6.58. The van der Waals surface area contributed by atoms with E-state index >= 15 is 0 Å². The average Bonchev–Trinajstić information content (AvgIpc) is 2.50. The standard InChI is InChI=1S/C14H14N6S/c15-8-9-7-10(4-5-11(9)16)19-14(17)20-13(21)12-3-1-2-6-18-12/h1-8,15H,16H2,(H3,17,19,20,21). The number of rotatable bonds is 3. The first kappa shape index (κ1) is 14.6. The Balaban J connectivity index is 2.14. The summed E-state index contributed by atoms with van der Waals surface area (Å²) in [5, 5.41) is 10.2. The van der Waals surface area contributed by atoms with E-state index < -0.39 is 0 Å². The van der Waals surface area contributed by atoms with Gasteiger partial charge in [-0.15, -0.1) is 0 Å². The highest BCUT2D eigenvalue weighted by molar-refractivity contribution is 7.80. The fraction of sp³-hybridized carbons (Fsp3) is 0. The van der Waals surface area contributed by atoms with E-state index in [0.29, 0.717) is 27.6 Å². The zero-order valence-corrected chi connectivity index (χ0v) is 11.9. The molecular formula is C14H14N6S. The smallest absolute Gasteiger partial charge is 0.199 e.